The van der Waals surface area contributed by atoms with E-state index in [0.717, 1.165) is 48.2 Å². The van der Waals surface area contributed by atoms with Gasteiger partial charge in [-0.05, 0) is 37.8 Å². The van der Waals surface area contributed by atoms with Gasteiger partial charge >= 0.3 is 0 Å². The summed E-state index contributed by atoms with van der Waals surface area (Å²) in [4.78, 5) is 4.17. The van der Waals surface area contributed by atoms with Gasteiger partial charge in [0, 0.05) is 37.1 Å². The third-order valence-electron chi connectivity index (χ3n) is 4.68. The Balaban J connectivity index is 1.73. The highest BCUT2D eigenvalue weighted by Gasteiger charge is 2.41. The molecule has 7 heteroatoms. The van der Waals surface area contributed by atoms with Crippen LogP contribution in [-0.4, -0.2) is 39.3 Å². The van der Waals surface area contributed by atoms with E-state index in [0.29, 0.717) is 13.1 Å². The molecule has 3 heterocycles. The third kappa shape index (κ3) is 2.57. The second-order valence-corrected chi connectivity index (χ2v) is 8.53. The molecule has 1 fully saturated rings. The number of aryl methyl sites for hydroxylation is 1. The van der Waals surface area contributed by atoms with Gasteiger partial charge in [0.05, 0.1) is 23.2 Å². The lowest BCUT2D eigenvalue weighted by atomic mass is 10.0. The fourth-order valence-corrected chi connectivity index (χ4v) is 5.11. The zero-order valence-corrected chi connectivity index (χ0v) is 14.0. The lowest BCUT2D eigenvalue weighted by Gasteiger charge is -2.20. The van der Waals surface area contributed by atoms with E-state index in [1.54, 1.807) is 10.5 Å². The molecule has 4 rings (SSSR count). The predicted octanol–water partition coefficient (Wildman–Crippen LogP) is 1.72. The second kappa shape index (κ2) is 5.42. The summed E-state index contributed by atoms with van der Waals surface area (Å²) in [5, 5.41) is 4.48. The Morgan fingerprint density at radius 3 is 2.83 bits per heavy atom. The Labute approximate surface area is 136 Å². The van der Waals surface area contributed by atoms with E-state index in [1.165, 1.54) is 0 Å². The van der Waals surface area contributed by atoms with Gasteiger partial charge in [-0.25, -0.2) is 8.42 Å². The normalized spacial score (nSPS) is 19.3. The summed E-state index contributed by atoms with van der Waals surface area (Å²) in [6.07, 6.45) is 6.85. The van der Waals surface area contributed by atoms with Crippen LogP contribution in [0.25, 0.3) is 11.3 Å². The minimum Gasteiger partial charge on any atom is -0.270 e. The van der Waals surface area contributed by atoms with Crippen LogP contribution in [0.3, 0.4) is 0 Å². The minimum atomic E-state index is -3.15. The first-order valence-electron chi connectivity index (χ1n) is 8.01. The standard InChI is InChI=1S/C16H20N4O2S/c1-19-15-11-20(23(21,22)13-6-7-13)9-3-5-14(15)16(18-19)12-4-2-8-17-10-12/h2,4,8,10,13H,3,5-7,9,11H2,1H3. The molecule has 2 aliphatic rings. The molecule has 23 heavy (non-hydrogen) atoms. The quantitative estimate of drug-likeness (QED) is 0.858. The summed E-state index contributed by atoms with van der Waals surface area (Å²) in [6, 6.07) is 3.90. The van der Waals surface area contributed by atoms with E-state index >= 15 is 0 Å². The van der Waals surface area contributed by atoms with Gasteiger partial charge in [-0.15, -0.1) is 0 Å². The topological polar surface area (TPSA) is 68.1 Å². The largest absolute Gasteiger partial charge is 0.270 e. The number of rotatable bonds is 3. The predicted molar refractivity (Wildman–Crippen MR) is 87.1 cm³/mol. The van der Waals surface area contributed by atoms with Crippen LogP contribution < -0.4 is 0 Å². The lowest BCUT2D eigenvalue weighted by Crippen LogP contribution is -2.34. The van der Waals surface area contributed by atoms with Gasteiger partial charge in [0.25, 0.3) is 0 Å². The molecular weight excluding hydrogens is 312 g/mol. The third-order valence-corrected chi connectivity index (χ3v) is 7.02. The first-order chi connectivity index (χ1) is 11.1. The zero-order chi connectivity index (χ0) is 16.0. The summed E-state index contributed by atoms with van der Waals surface area (Å²) >= 11 is 0. The van der Waals surface area contributed by atoms with Crippen molar-refractivity contribution in [3.8, 4) is 11.3 Å². The van der Waals surface area contributed by atoms with Crippen molar-refractivity contribution in [2.75, 3.05) is 6.54 Å². The monoisotopic (exact) mass is 332 g/mol. The van der Waals surface area contributed by atoms with E-state index < -0.39 is 10.0 Å². The van der Waals surface area contributed by atoms with Gasteiger partial charge in [0.2, 0.25) is 10.0 Å². The average Bonchev–Trinajstić information content (AvgIpc) is 3.37. The molecule has 0 saturated heterocycles. The van der Waals surface area contributed by atoms with Crippen LogP contribution >= 0.6 is 0 Å². The van der Waals surface area contributed by atoms with Crippen LogP contribution in [-0.2, 0) is 30.0 Å². The van der Waals surface area contributed by atoms with Crippen LogP contribution in [0.5, 0.6) is 0 Å². The van der Waals surface area contributed by atoms with E-state index in [2.05, 4.69) is 10.1 Å². The summed E-state index contributed by atoms with van der Waals surface area (Å²) in [5.41, 5.74) is 4.09. The molecule has 0 atom stereocenters. The Bertz CT molecular complexity index is 825. The molecule has 1 saturated carbocycles. The number of nitrogens with zero attached hydrogens (tertiary/aromatic N) is 4. The highest BCUT2D eigenvalue weighted by Crippen LogP contribution is 2.35. The van der Waals surface area contributed by atoms with Crippen molar-refractivity contribution in [3.05, 3.63) is 35.8 Å². The van der Waals surface area contributed by atoms with Crippen LogP contribution in [0.2, 0.25) is 0 Å². The van der Waals surface area contributed by atoms with Gasteiger partial charge in [0.1, 0.15) is 0 Å². The van der Waals surface area contributed by atoms with Crippen LogP contribution in [0, 0.1) is 0 Å². The zero-order valence-electron chi connectivity index (χ0n) is 13.1. The molecule has 1 aliphatic heterocycles. The van der Waals surface area contributed by atoms with Crippen molar-refractivity contribution < 1.29 is 8.42 Å². The van der Waals surface area contributed by atoms with Crippen LogP contribution in [0.1, 0.15) is 30.5 Å². The van der Waals surface area contributed by atoms with Crippen molar-refractivity contribution in [1.82, 2.24) is 19.1 Å². The molecule has 0 N–H and O–H groups in total. The SMILES string of the molecule is Cn1nc(-c2cccnc2)c2c1CN(S(=O)(=O)C1CC1)CCC2. The fourth-order valence-electron chi connectivity index (χ4n) is 3.27. The number of aromatic nitrogens is 3. The van der Waals surface area contributed by atoms with Gasteiger partial charge in [0.15, 0.2) is 0 Å². The maximum Gasteiger partial charge on any atom is 0.217 e. The van der Waals surface area contributed by atoms with Crippen LogP contribution in [0.15, 0.2) is 24.5 Å². The molecule has 1 aliphatic carbocycles. The molecular formula is C16H20N4O2S. The number of hydrogen-bond donors (Lipinski definition) is 0. The van der Waals surface area contributed by atoms with E-state index in [9.17, 15) is 8.42 Å². The number of fused-ring (bicyclic) bond motifs is 1. The Hall–Kier alpha value is -1.73. The first kappa shape index (κ1) is 14.8. The van der Waals surface area contributed by atoms with Gasteiger partial charge in [-0.2, -0.15) is 9.40 Å². The highest BCUT2D eigenvalue weighted by molar-refractivity contribution is 7.90. The molecule has 0 unspecified atom stereocenters. The van der Waals surface area contributed by atoms with E-state index in [1.807, 2.05) is 30.1 Å². The molecule has 0 bridgehead atoms. The van der Waals surface area contributed by atoms with E-state index in [-0.39, 0.29) is 5.25 Å². The molecule has 0 radical (unpaired) electrons. The van der Waals surface area contributed by atoms with Gasteiger partial charge in [-0.1, -0.05) is 0 Å². The lowest BCUT2D eigenvalue weighted by molar-refractivity contribution is 0.399. The molecule has 0 amide bonds. The number of sulfonamides is 1. The molecule has 2 aromatic rings. The Morgan fingerprint density at radius 1 is 1.30 bits per heavy atom. The summed E-state index contributed by atoms with van der Waals surface area (Å²) in [6.45, 7) is 1.03. The molecule has 6 nitrogen and oxygen atoms in total. The Morgan fingerprint density at radius 2 is 2.13 bits per heavy atom. The van der Waals surface area contributed by atoms with Gasteiger partial charge < -0.3 is 0 Å². The maximum absolute atomic E-state index is 12.6. The van der Waals surface area contributed by atoms with Crippen LogP contribution in [0.4, 0.5) is 0 Å². The minimum absolute atomic E-state index is 0.157. The maximum atomic E-state index is 12.6. The van der Waals surface area contributed by atoms with Crippen molar-refractivity contribution in [3.63, 3.8) is 0 Å². The molecule has 122 valence electrons. The number of pyridine rings is 1. The molecule has 2 aromatic heterocycles. The first-order valence-corrected chi connectivity index (χ1v) is 9.52. The Kier molecular flexibility index (Phi) is 3.50. The highest BCUT2D eigenvalue weighted by atomic mass is 32.2. The smallest absolute Gasteiger partial charge is 0.217 e. The average molecular weight is 332 g/mol. The van der Waals surface area contributed by atoms with Crippen molar-refractivity contribution in [2.45, 2.75) is 37.5 Å². The fraction of sp³-hybridized carbons (Fsp3) is 0.500. The summed E-state index contributed by atoms with van der Waals surface area (Å²) in [5.74, 6) is 0. The molecule has 0 aromatic carbocycles. The second-order valence-electron chi connectivity index (χ2n) is 6.32. The van der Waals surface area contributed by atoms with Gasteiger partial charge in [-0.3, -0.25) is 9.67 Å². The molecule has 0 spiro atoms. The number of hydrogen-bond acceptors (Lipinski definition) is 4. The van der Waals surface area contributed by atoms with Crippen molar-refractivity contribution in [1.29, 1.82) is 0 Å². The summed E-state index contributed by atoms with van der Waals surface area (Å²) in [7, 11) is -1.25. The summed E-state index contributed by atoms with van der Waals surface area (Å²) < 4.78 is 28.7. The van der Waals surface area contributed by atoms with Crippen molar-refractivity contribution >= 4 is 10.0 Å². The van der Waals surface area contributed by atoms with E-state index in [4.69, 9.17) is 0 Å². The van der Waals surface area contributed by atoms with Crippen molar-refractivity contribution in [2.24, 2.45) is 7.05 Å².